The van der Waals surface area contributed by atoms with E-state index in [0.29, 0.717) is 43.3 Å². The van der Waals surface area contributed by atoms with Gasteiger partial charge in [0.05, 0.1) is 24.6 Å². The molecule has 1 aliphatic heterocycles. The van der Waals surface area contributed by atoms with Crippen LogP contribution in [0.4, 0.5) is 15.4 Å². The van der Waals surface area contributed by atoms with Gasteiger partial charge in [-0.3, -0.25) is 4.79 Å². The molecular formula is C45H53ClN8O6. The van der Waals surface area contributed by atoms with Gasteiger partial charge in [0.15, 0.2) is 0 Å². The highest BCUT2D eigenvalue weighted by Gasteiger charge is 2.45. The third-order valence-electron chi connectivity index (χ3n) is 11.1. The van der Waals surface area contributed by atoms with Crippen LogP contribution in [0.15, 0.2) is 91.4 Å². The maximum Gasteiger partial charge on any atom is 0.409 e. The first-order valence-electron chi connectivity index (χ1n) is 20.4. The molecule has 0 unspecified atom stereocenters. The van der Waals surface area contributed by atoms with Crippen molar-refractivity contribution in [3.05, 3.63) is 113 Å². The summed E-state index contributed by atoms with van der Waals surface area (Å²) in [5, 5.41) is 7.63. The van der Waals surface area contributed by atoms with Crippen LogP contribution in [0.2, 0.25) is 5.02 Å². The summed E-state index contributed by atoms with van der Waals surface area (Å²) >= 11 is 6.32. The number of hydrogen-bond donors (Lipinski definition) is 4. The number of anilines is 1. The Labute approximate surface area is 355 Å². The van der Waals surface area contributed by atoms with Gasteiger partial charge in [-0.05, 0) is 86.1 Å². The van der Waals surface area contributed by atoms with E-state index in [2.05, 4.69) is 54.8 Å². The number of amides is 3. The zero-order chi connectivity index (χ0) is 42.3. The summed E-state index contributed by atoms with van der Waals surface area (Å²) in [6, 6.07) is 24.9. The number of nitrogens with one attached hydrogen (secondary N) is 3. The number of aromatic amines is 1. The smallest absolute Gasteiger partial charge is 0.409 e. The molecule has 1 saturated heterocycles. The summed E-state index contributed by atoms with van der Waals surface area (Å²) in [5.41, 5.74) is 9.57. The highest BCUT2D eigenvalue weighted by molar-refractivity contribution is 6.30. The zero-order valence-electron chi connectivity index (χ0n) is 34.3. The third-order valence-corrected chi connectivity index (χ3v) is 11.3. The Morgan fingerprint density at radius 3 is 2.30 bits per heavy atom. The van der Waals surface area contributed by atoms with Gasteiger partial charge in [0.2, 0.25) is 5.91 Å². The number of piperidine rings is 1. The van der Waals surface area contributed by atoms with E-state index >= 15 is 0 Å². The van der Waals surface area contributed by atoms with E-state index in [0.717, 1.165) is 39.0 Å². The van der Waals surface area contributed by atoms with Crippen LogP contribution in [0.5, 0.6) is 0 Å². The minimum Gasteiger partial charge on any atom is -0.448 e. The first-order valence-corrected chi connectivity index (χ1v) is 20.8. The monoisotopic (exact) mass is 836 g/mol. The number of rotatable bonds is 15. The van der Waals surface area contributed by atoms with E-state index in [-0.39, 0.29) is 51.0 Å². The standard InChI is InChI=1S/C45H53ClN8O6/c1-44(2,3)60-42(56)52-45(18-23-53(24-19-45)40-36-16-21-48-39(36)49-29-50-40)41(55)51-38(30-12-14-31(46)15-13-30)17-22-54(25-27-58-26-20-47)43(57)59-28-37-34-10-6-4-8-32(34)33-9-5-7-11-35(33)37/h4-16,21,29,37-38H,17-20,22-28,47H2,1-3H3,(H,51,55)(H,52,56)(H,48,49,50)/t38-/m0/s1. The van der Waals surface area contributed by atoms with Gasteiger partial charge in [0, 0.05) is 49.9 Å². The van der Waals surface area contributed by atoms with E-state index in [1.54, 1.807) is 37.8 Å². The Kier molecular flexibility index (Phi) is 13.2. The average molecular weight is 837 g/mol. The molecule has 3 amide bonds. The Hall–Kier alpha value is -5.70. The van der Waals surface area contributed by atoms with Crippen LogP contribution in [0.25, 0.3) is 22.2 Å². The fraction of sp³-hybridized carbons (Fsp3) is 0.400. The number of benzene rings is 3. The normalized spacial score (nSPS) is 15.2. The second-order valence-corrected chi connectivity index (χ2v) is 16.6. The highest BCUT2D eigenvalue weighted by Crippen LogP contribution is 2.44. The van der Waals surface area contributed by atoms with Crippen LogP contribution in [0, 0.1) is 0 Å². The lowest BCUT2D eigenvalue weighted by atomic mass is 9.85. The fourth-order valence-corrected chi connectivity index (χ4v) is 8.18. The number of carbonyl (C=O) groups excluding carboxylic acids is 3. The van der Waals surface area contributed by atoms with E-state index in [4.69, 9.17) is 31.5 Å². The van der Waals surface area contributed by atoms with Crippen LogP contribution in [-0.4, -0.2) is 102 Å². The summed E-state index contributed by atoms with van der Waals surface area (Å²) < 4.78 is 17.5. The van der Waals surface area contributed by atoms with Crippen LogP contribution in [-0.2, 0) is 19.0 Å². The maximum absolute atomic E-state index is 14.8. The molecule has 1 aliphatic carbocycles. The lowest BCUT2D eigenvalue weighted by molar-refractivity contribution is -0.129. The van der Waals surface area contributed by atoms with Gasteiger partial charge in [-0.15, -0.1) is 0 Å². The molecule has 3 heterocycles. The second-order valence-electron chi connectivity index (χ2n) is 16.2. The molecule has 0 radical (unpaired) electrons. The number of nitrogens with two attached hydrogens (primary N) is 1. The molecule has 0 spiro atoms. The Morgan fingerprint density at radius 1 is 0.950 bits per heavy atom. The molecule has 14 nitrogen and oxygen atoms in total. The van der Waals surface area contributed by atoms with Crippen molar-refractivity contribution in [3.63, 3.8) is 0 Å². The Balaban J connectivity index is 1.10. The second kappa shape index (κ2) is 18.7. The lowest BCUT2D eigenvalue weighted by Crippen LogP contribution is -2.64. The number of H-pyrrole nitrogens is 1. The molecule has 0 bridgehead atoms. The average Bonchev–Trinajstić information content (AvgIpc) is 3.85. The summed E-state index contributed by atoms with van der Waals surface area (Å²) in [6.07, 6.45) is 2.99. The SMILES string of the molecule is CC(C)(C)OC(=O)NC1(C(=O)N[C@@H](CCN(CCOCCN)C(=O)OCC2c3ccccc3-c3ccccc32)c2ccc(Cl)cc2)CCN(c2ncnc3[nH]ccc23)CC1. The highest BCUT2D eigenvalue weighted by atomic mass is 35.5. The summed E-state index contributed by atoms with van der Waals surface area (Å²) in [6.45, 7) is 7.74. The first-order chi connectivity index (χ1) is 28.9. The summed E-state index contributed by atoms with van der Waals surface area (Å²) in [4.78, 5) is 57.9. The van der Waals surface area contributed by atoms with Crippen LogP contribution in [0.3, 0.4) is 0 Å². The summed E-state index contributed by atoms with van der Waals surface area (Å²) in [5.74, 6) is 0.262. The van der Waals surface area contributed by atoms with Gasteiger partial charge in [-0.2, -0.15) is 0 Å². The number of fused-ring (bicyclic) bond motifs is 4. The minimum absolute atomic E-state index is 0.110. The zero-order valence-corrected chi connectivity index (χ0v) is 35.0. The largest absolute Gasteiger partial charge is 0.448 e. The molecule has 3 aromatic carbocycles. The predicted octanol–water partition coefficient (Wildman–Crippen LogP) is 6.95. The van der Waals surface area contributed by atoms with Gasteiger partial charge >= 0.3 is 12.2 Å². The topological polar surface area (TPSA) is 177 Å². The van der Waals surface area contributed by atoms with Crippen LogP contribution >= 0.6 is 11.6 Å². The molecule has 1 atom stereocenters. The minimum atomic E-state index is -1.32. The van der Waals surface area contributed by atoms with Crippen molar-refractivity contribution in [3.8, 4) is 11.1 Å². The van der Waals surface area contributed by atoms with E-state index in [9.17, 15) is 14.4 Å². The number of alkyl carbamates (subject to hydrolysis) is 1. The molecule has 0 saturated carbocycles. The molecule has 7 rings (SSSR count). The number of hydrogen-bond acceptors (Lipinski definition) is 10. The number of nitrogens with zero attached hydrogens (tertiary/aromatic N) is 4. The van der Waals surface area contributed by atoms with Crippen molar-refractivity contribution in [2.75, 3.05) is 57.4 Å². The van der Waals surface area contributed by atoms with Gasteiger partial charge in [0.25, 0.3) is 0 Å². The van der Waals surface area contributed by atoms with Crippen molar-refractivity contribution in [2.24, 2.45) is 5.73 Å². The number of ether oxygens (including phenoxy) is 3. The molecule has 15 heteroatoms. The number of aromatic nitrogens is 3. The Bertz CT molecular complexity index is 2220. The summed E-state index contributed by atoms with van der Waals surface area (Å²) in [7, 11) is 0. The third kappa shape index (κ3) is 9.83. The molecule has 60 heavy (non-hydrogen) atoms. The van der Waals surface area contributed by atoms with E-state index in [1.807, 2.05) is 48.7 Å². The first kappa shape index (κ1) is 42.4. The predicted molar refractivity (Wildman–Crippen MR) is 231 cm³/mol. The van der Waals surface area contributed by atoms with E-state index in [1.165, 1.54) is 6.33 Å². The lowest BCUT2D eigenvalue weighted by Gasteiger charge is -2.42. The molecule has 5 aromatic rings. The quantitative estimate of drug-likeness (QED) is 0.0808. The van der Waals surface area contributed by atoms with Crippen molar-refractivity contribution in [1.82, 2.24) is 30.5 Å². The van der Waals surface area contributed by atoms with Gasteiger partial charge in [0.1, 0.15) is 35.5 Å². The number of carbonyl (C=O) groups is 3. The molecule has 2 aromatic heterocycles. The van der Waals surface area contributed by atoms with Crippen molar-refractivity contribution >= 4 is 46.5 Å². The van der Waals surface area contributed by atoms with Crippen LogP contribution in [0.1, 0.15) is 68.7 Å². The van der Waals surface area contributed by atoms with Gasteiger partial charge in [-0.25, -0.2) is 19.6 Å². The fourth-order valence-electron chi connectivity index (χ4n) is 8.06. The van der Waals surface area contributed by atoms with Crippen molar-refractivity contribution in [1.29, 1.82) is 0 Å². The molecule has 1 fully saturated rings. The van der Waals surface area contributed by atoms with Gasteiger partial charge in [-0.1, -0.05) is 72.3 Å². The maximum atomic E-state index is 14.8. The molecule has 5 N–H and O–H groups in total. The van der Waals surface area contributed by atoms with Crippen LogP contribution < -0.4 is 21.3 Å². The van der Waals surface area contributed by atoms with Crippen molar-refractivity contribution in [2.45, 2.75) is 63.1 Å². The molecule has 2 aliphatic rings. The number of halogens is 1. The van der Waals surface area contributed by atoms with E-state index < -0.39 is 29.4 Å². The molecule has 316 valence electrons. The molecular weight excluding hydrogens is 784 g/mol. The Morgan fingerprint density at radius 2 is 1.63 bits per heavy atom. The van der Waals surface area contributed by atoms with Gasteiger partial charge < -0.3 is 45.4 Å². The van der Waals surface area contributed by atoms with Crippen molar-refractivity contribution < 1.29 is 28.6 Å².